The van der Waals surface area contributed by atoms with Gasteiger partial charge in [-0.25, -0.2) is 0 Å². The highest BCUT2D eigenvalue weighted by molar-refractivity contribution is 8.07. The second-order valence-electron chi connectivity index (χ2n) is 2.80. The summed E-state index contributed by atoms with van der Waals surface area (Å²) in [6, 6.07) is 8.65. The largest absolute Gasteiger partial charge is 0.144 e. The van der Waals surface area contributed by atoms with E-state index >= 15 is 0 Å². The lowest BCUT2D eigenvalue weighted by Gasteiger charge is -2.01. The minimum Gasteiger partial charge on any atom is -0.144 e. The van der Waals surface area contributed by atoms with Crippen molar-refractivity contribution < 1.29 is 0 Å². The molecular weight excluding hydrogens is 196 g/mol. The van der Waals surface area contributed by atoms with E-state index in [0.29, 0.717) is 0 Å². The molecule has 1 heterocycles. The van der Waals surface area contributed by atoms with Gasteiger partial charge in [-0.2, -0.15) is 0 Å². The fourth-order valence-corrected chi connectivity index (χ4v) is 2.39. The number of thioether (sulfide) groups is 1. The van der Waals surface area contributed by atoms with Crippen LogP contribution in [-0.4, -0.2) is 6.26 Å². The van der Waals surface area contributed by atoms with Crippen LogP contribution in [0, 0.1) is 0 Å². The van der Waals surface area contributed by atoms with Gasteiger partial charge in [-0.15, -0.1) is 23.1 Å². The fourth-order valence-electron chi connectivity index (χ4n) is 1.26. The van der Waals surface area contributed by atoms with Crippen LogP contribution in [0.5, 0.6) is 0 Å². The smallest absolute Gasteiger partial charge is 0.0343 e. The number of fused-ring (bicyclic) bond motifs is 1. The van der Waals surface area contributed by atoms with Crippen molar-refractivity contribution in [2.75, 3.05) is 6.26 Å². The molecule has 13 heavy (non-hydrogen) atoms. The van der Waals surface area contributed by atoms with E-state index in [4.69, 9.17) is 0 Å². The molecule has 1 aromatic carbocycles. The van der Waals surface area contributed by atoms with Crippen molar-refractivity contribution in [3.8, 4) is 0 Å². The van der Waals surface area contributed by atoms with Gasteiger partial charge in [0.2, 0.25) is 0 Å². The summed E-state index contributed by atoms with van der Waals surface area (Å²) in [7, 11) is 0. The second-order valence-corrected chi connectivity index (χ2v) is 4.65. The lowest BCUT2D eigenvalue weighted by molar-refractivity contribution is 1.76. The van der Waals surface area contributed by atoms with Crippen molar-refractivity contribution in [1.82, 2.24) is 0 Å². The van der Waals surface area contributed by atoms with Gasteiger partial charge in [-0.05, 0) is 40.8 Å². The third kappa shape index (κ3) is 1.64. The second kappa shape index (κ2) is 3.56. The molecule has 0 N–H and O–H groups in total. The van der Waals surface area contributed by atoms with Crippen LogP contribution in [0.25, 0.3) is 15.0 Å². The Morgan fingerprint density at radius 1 is 1.38 bits per heavy atom. The maximum atomic E-state index is 4.00. The number of thiophene rings is 1. The Morgan fingerprint density at radius 3 is 3.00 bits per heavy atom. The summed E-state index contributed by atoms with van der Waals surface area (Å²) in [5.41, 5.74) is 1.23. The molecule has 0 aliphatic heterocycles. The molecule has 2 rings (SSSR count). The molecular formula is C11H10S2. The minimum absolute atomic E-state index is 1.13. The molecule has 0 unspecified atom stereocenters. The average molecular weight is 206 g/mol. The molecule has 0 amide bonds. The van der Waals surface area contributed by atoms with Gasteiger partial charge in [-0.1, -0.05) is 12.6 Å². The van der Waals surface area contributed by atoms with Gasteiger partial charge in [0.1, 0.15) is 0 Å². The van der Waals surface area contributed by atoms with E-state index in [0.717, 1.165) is 4.91 Å². The van der Waals surface area contributed by atoms with Gasteiger partial charge in [0.05, 0.1) is 0 Å². The molecule has 0 saturated heterocycles. The van der Waals surface area contributed by atoms with E-state index in [2.05, 4.69) is 42.5 Å². The summed E-state index contributed by atoms with van der Waals surface area (Å²) in [6.07, 6.45) is 2.06. The maximum Gasteiger partial charge on any atom is 0.0343 e. The van der Waals surface area contributed by atoms with Crippen molar-refractivity contribution in [3.05, 3.63) is 41.8 Å². The molecule has 0 fully saturated rings. The summed E-state index contributed by atoms with van der Waals surface area (Å²) in [5.74, 6) is 0. The molecule has 0 aliphatic carbocycles. The Bertz CT molecular complexity index is 440. The molecule has 0 radical (unpaired) electrons. The predicted octanol–water partition coefficient (Wildman–Crippen LogP) is 4.24. The SMILES string of the molecule is C=C(SC)c1ccc2sccc2c1. The van der Waals surface area contributed by atoms with E-state index in [1.807, 2.05) is 0 Å². The van der Waals surface area contributed by atoms with E-state index in [1.54, 1.807) is 23.1 Å². The van der Waals surface area contributed by atoms with Crippen LogP contribution in [0.4, 0.5) is 0 Å². The van der Waals surface area contributed by atoms with Crippen molar-refractivity contribution >= 4 is 38.1 Å². The van der Waals surface area contributed by atoms with Crippen molar-refractivity contribution in [1.29, 1.82) is 0 Å². The van der Waals surface area contributed by atoms with Crippen LogP contribution in [0.1, 0.15) is 5.56 Å². The molecule has 0 bridgehead atoms. The molecule has 0 aliphatic rings. The van der Waals surface area contributed by atoms with Gasteiger partial charge in [0.15, 0.2) is 0 Å². The lowest BCUT2D eigenvalue weighted by Crippen LogP contribution is -1.75. The van der Waals surface area contributed by atoms with Crippen LogP contribution in [0.15, 0.2) is 36.2 Å². The maximum absolute atomic E-state index is 4.00. The number of benzene rings is 1. The van der Waals surface area contributed by atoms with Crippen LogP contribution >= 0.6 is 23.1 Å². The van der Waals surface area contributed by atoms with Crippen LogP contribution in [-0.2, 0) is 0 Å². The average Bonchev–Trinajstić information content (AvgIpc) is 2.63. The zero-order valence-corrected chi connectivity index (χ0v) is 9.04. The quantitative estimate of drug-likeness (QED) is 0.708. The van der Waals surface area contributed by atoms with Crippen LogP contribution in [0.3, 0.4) is 0 Å². The zero-order valence-electron chi connectivity index (χ0n) is 7.41. The van der Waals surface area contributed by atoms with Crippen molar-refractivity contribution in [3.63, 3.8) is 0 Å². The Kier molecular flexibility index (Phi) is 2.42. The molecule has 2 heteroatoms. The normalized spacial score (nSPS) is 10.5. The summed E-state index contributed by atoms with van der Waals surface area (Å²) in [6.45, 7) is 4.00. The molecule has 66 valence electrons. The monoisotopic (exact) mass is 206 g/mol. The number of hydrogen-bond acceptors (Lipinski definition) is 2. The van der Waals surface area contributed by atoms with Crippen LogP contribution < -0.4 is 0 Å². The summed E-state index contributed by atoms with van der Waals surface area (Å²) in [5, 5.41) is 3.44. The minimum atomic E-state index is 1.13. The predicted molar refractivity (Wildman–Crippen MR) is 64.4 cm³/mol. The molecule has 0 nitrogen and oxygen atoms in total. The Morgan fingerprint density at radius 2 is 2.23 bits per heavy atom. The van der Waals surface area contributed by atoms with Gasteiger partial charge < -0.3 is 0 Å². The zero-order chi connectivity index (χ0) is 9.26. The summed E-state index contributed by atoms with van der Waals surface area (Å²) >= 11 is 3.48. The first-order valence-electron chi connectivity index (χ1n) is 4.02. The van der Waals surface area contributed by atoms with Crippen molar-refractivity contribution in [2.45, 2.75) is 0 Å². The first-order valence-corrected chi connectivity index (χ1v) is 6.12. The van der Waals surface area contributed by atoms with Crippen molar-refractivity contribution in [2.24, 2.45) is 0 Å². The fraction of sp³-hybridized carbons (Fsp3) is 0.0909. The Balaban J connectivity index is 2.54. The molecule has 1 aromatic heterocycles. The highest BCUT2D eigenvalue weighted by Crippen LogP contribution is 2.28. The first kappa shape index (κ1) is 8.85. The third-order valence-electron chi connectivity index (χ3n) is 2.02. The van der Waals surface area contributed by atoms with Crippen LogP contribution in [0.2, 0.25) is 0 Å². The first-order chi connectivity index (χ1) is 6.31. The van der Waals surface area contributed by atoms with Gasteiger partial charge in [0, 0.05) is 9.61 Å². The van der Waals surface area contributed by atoms with E-state index in [1.165, 1.54) is 15.6 Å². The van der Waals surface area contributed by atoms with Gasteiger partial charge in [0.25, 0.3) is 0 Å². The summed E-state index contributed by atoms with van der Waals surface area (Å²) in [4.78, 5) is 1.13. The molecule has 2 aromatic rings. The van der Waals surface area contributed by atoms with E-state index in [9.17, 15) is 0 Å². The van der Waals surface area contributed by atoms with Gasteiger partial charge >= 0.3 is 0 Å². The molecule has 0 saturated carbocycles. The third-order valence-corrected chi connectivity index (χ3v) is 3.65. The number of hydrogen-bond donors (Lipinski definition) is 0. The highest BCUT2D eigenvalue weighted by atomic mass is 32.2. The number of rotatable bonds is 2. The highest BCUT2D eigenvalue weighted by Gasteiger charge is 1.99. The van der Waals surface area contributed by atoms with E-state index in [-0.39, 0.29) is 0 Å². The topological polar surface area (TPSA) is 0 Å². The Labute approximate surface area is 86.3 Å². The van der Waals surface area contributed by atoms with Gasteiger partial charge in [-0.3, -0.25) is 0 Å². The lowest BCUT2D eigenvalue weighted by atomic mass is 10.2. The molecule has 0 atom stereocenters. The Hall–Kier alpha value is -0.730. The van der Waals surface area contributed by atoms with E-state index < -0.39 is 0 Å². The summed E-state index contributed by atoms with van der Waals surface area (Å²) < 4.78 is 1.35. The molecule has 0 spiro atoms. The standard InChI is InChI=1S/C11H10S2/c1-8(12-2)9-3-4-11-10(7-9)5-6-13-11/h3-7H,1H2,2H3.